The normalized spacial score (nSPS) is 17.8. The molecule has 3 rings (SSSR count). The predicted octanol–water partition coefficient (Wildman–Crippen LogP) is 0.798. The number of H-pyrrole nitrogens is 1. The molecule has 19 heavy (non-hydrogen) atoms. The van der Waals surface area contributed by atoms with Crippen LogP contribution >= 0.6 is 0 Å². The van der Waals surface area contributed by atoms with Crippen LogP contribution in [0, 0.1) is 4.91 Å². The van der Waals surface area contributed by atoms with E-state index >= 15 is 0 Å². The van der Waals surface area contributed by atoms with Gasteiger partial charge in [-0.15, -0.1) is 10.0 Å². The molecule has 96 valence electrons. The van der Waals surface area contributed by atoms with Crippen LogP contribution < -0.4 is 0 Å². The molecule has 1 aliphatic rings. The third-order valence-corrected chi connectivity index (χ3v) is 2.89. The maximum absolute atomic E-state index is 11.0. The van der Waals surface area contributed by atoms with Gasteiger partial charge in [-0.25, -0.2) is 15.0 Å². The minimum Gasteiger partial charge on any atom is -0.316 e. The lowest BCUT2D eigenvalue weighted by Gasteiger charge is -2.05. The quantitative estimate of drug-likeness (QED) is 0.800. The molecule has 1 atom stereocenters. The number of imidazole rings is 1. The molecule has 0 radical (unpaired) electrons. The average molecular weight is 259 g/mol. The van der Waals surface area contributed by atoms with E-state index < -0.39 is 5.91 Å². The molecule has 0 aromatic carbocycles. The minimum atomic E-state index is -0.983. The fourth-order valence-corrected chi connectivity index (χ4v) is 1.90. The molecule has 9 heteroatoms. The number of hydrogen-bond donors (Lipinski definition) is 1. The maximum Gasteiger partial charge on any atom is 0.355 e. The van der Waals surface area contributed by atoms with Gasteiger partial charge in [-0.2, -0.15) is 0 Å². The second-order valence-corrected chi connectivity index (χ2v) is 4.06. The Morgan fingerprint density at radius 2 is 2.42 bits per heavy atom. The molecule has 0 saturated heterocycles. The van der Waals surface area contributed by atoms with Crippen LogP contribution in [-0.2, 0) is 6.54 Å². The van der Waals surface area contributed by atoms with Crippen molar-refractivity contribution in [2.24, 2.45) is 10.2 Å². The fourth-order valence-electron chi connectivity index (χ4n) is 1.90. The molecule has 9 nitrogen and oxygen atoms in total. The van der Waals surface area contributed by atoms with E-state index in [9.17, 15) is 9.70 Å². The average Bonchev–Trinajstić information content (AvgIpc) is 3.04. The summed E-state index contributed by atoms with van der Waals surface area (Å²) in [6, 6.07) is 0. The number of hydrogen-bond acceptors (Lipinski definition) is 6. The van der Waals surface area contributed by atoms with Gasteiger partial charge in [0.25, 0.3) is 0 Å². The molecule has 1 N–H and O–H groups in total. The van der Waals surface area contributed by atoms with E-state index in [0.29, 0.717) is 5.82 Å². The van der Waals surface area contributed by atoms with Crippen molar-refractivity contribution in [2.75, 3.05) is 0 Å². The molecule has 1 unspecified atom stereocenters. The number of carbonyl (C=O) groups excluding carboxylic acids is 1. The molecular formula is C10H9N7O2. The van der Waals surface area contributed by atoms with Crippen molar-refractivity contribution >= 4 is 17.9 Å². The minimum absolute atomic E-state index is 0.0967. The number of aryl methyl sites for hydroxylation is 1. The Morgan fingerprint density at radius 3 is 3.26 bits per heavy atom. The molecular weight excluding hydrogens is 250 g/mol. The zero-order valence-electron chi connectivity index (χ0n) is 9.72. The third-order valence-electron chi connectivity index (χ3n) is 2.89. The Morgan fingerprint density at radius 1 is 1.53 bits per heavy atom. The first kappa shape index (κ1) is 11.4. The van der Waals surface area contributed by atoms with E-state index in [0.717, 1.165) is 18.8 Å². The zero-order chi connectivity index (χ0) is 13.2. The second kappa shape index (κ2) is 4.52. The van der Waals surface area contributed by atoms with E-state index in [1.165, 1.54) is 0 Å². The molecule has 0 bridgehead atoms. The number of rotatable bonds is 2. The van der Waals surface area contributed by atoms with Crippen molar-refractivity contribution in [3.63, 3.8) is 0 Å². The second-order valence-electron chi connectivity index (χ2n) is 4.06. The molecule has 0 saturated carbocycles. The van der Waals surface area contributed by atoms with Gasteiger partial charge in [0, 0.05) is 17.9 Å². The number of fused-ring (bicyclic) bond motifs is 1. The van der Waals surface area contributed by atoms with E-state index in [2.05, 4.69) is 30.3 Å². The standard InChI is InChI=1S/C10H9N7O2/c18-10(16-19)9-13-8(14-15-9)6-1-2-17-5-11-4-7(17)12-3-6/h3-6H,1-2H2,(H,13,14,15). The van der Waals surface area contributed by atoms with Gasteiger partial charge in [-0.05, 0) is 6.42 Å². The highest BCUT2D eigenvalue weighted by atomic mass is 16.3. The summed E-state index contributed by atoms with van der Waals surface area (Å²) in [6.07, 6.45) is 5.85. The number of nitrogens with one attached hydrogen (secondary N) is 1. The van der Waals surface area contributed by atoms with Crippen LogP contribution in [0.25, 0.3) is 0 Å². The third kappa shape index (κ3) is 2.05. The summed E-state index contributed by atoms with van der Waals surface area (Å²) in [5.41, 5.74) is 0. The first-order chi connectivity index (χ1) is 9.28. The fraction of sp³-hybridized carbons (Fsp3) is 0.300. The summed E-state index contributed by atoms with van der Waals surface area (Å²) in [6.45, 7) is 0.732. The summed E-state index contributed by atoms with van der Waals surface area (Å²) >= 11 is 0. The number of amides is 1. The molecule has 0 spiro atoms. The van der Waals surface area contributed by atoms with Crippen LogP contribution in [0.15, 0.2) is 22.7 Å². The summed E-state index contributed by atoms with van der Waals surface area (Å²) < 4.78 is 1.92. The Balaban J connectivity index is 1.84. The Bertz CT molecular complexity index is 656. The van der Waals surface area contributed by atoms with Gasteiger partial charge in [-0.1, -0.05) is 0 Å². The van der Waals surface area contributed by atoms with Crippen molar-refractivity contribution in [3.8, 4) is 0 Å². The molecule has 2 aromatic heterocycles. The van der Waals surface area contributed by atoms with Crippen molar-refractivity contribution in [3.05, 3.63) is 29.1 Å². The lowest BCUT2D eigenvalue weighted by Crippen LogP contribution is -2.05. The van der Waals surface area contributed by atoms with Crippen molar-refractivity contribution in [1.29, 1.82) is 0 Å². The lowest BCUT2D eigenvalue weighted by atomic mass is 10.1. The number of aromatic amines is 1. The number of nitrogens with zero attached hydrogens (tertiary/aromatic N) is 6. The highest BCUT2D eigenvalue weighted by Crippen LogP contribution is 2.22. The van der Waals surface area contributed by atoms with E-state index in [1.54, 1.807) is 18.7 Å². The van der Waals surface area contributed by atoms with Crippen LogP contribution in [0.1, 0.15) is 28.8 Å². The van der Waals surface area contributed by atoms with Gasteiger partial charge in [0.2, 0.25) is 5.82 Å². The highest BCUT2D eigenvalue weighted by molar-refractivity contribution is 5.91. The molecule has 2 aromatic rings. The zero-order valence-corrected chi connectivity index (χ0v) is 9.72. The van der Waals surface area contributed by atoms with E-state index in [-0.39, 0.29) is 11.7 Å². The monoisotopic (exact) mass is 259 g/mol. The van der Waals surface area contributed by atoms with E-state index in [1.807, 2.05) is 4.57 Å². The Hall–Kier alpha value is -2.71. The van der Waals surface area contributed by atoms with Crippen LogP contribution in [0.5, 0.6) is 0 Å². The molecule has 0 aliphatic carbocycles. The smallest absolute Gasteiger partial charge is 0.316 e. The van der Waals surface area contributed by atoms with Crippen LogP contribution in [-0.4, -0.2) is 36.9 Å². The van der Waals surface area contributed by atoms with Gasteiger partial charge in [-0.3, -0.25) is 9.89 Å². The number of aliphatic imine (C=N–C) groups is 1. The van der Waals surface area contributed by atoms with Crippen LogP contribution in [0.2, 0.25) is 0 Å². The molecule has 1 amide bonds. The summed E-state index contributed by atoms with van der Waals surface area (Å²) in [4.78, 5) is 33.4. The van der Waals surface area contributed by atoms with Crippen molar-refractivity contribution < 1.29 is 4.79 Å². The van der Waals surface area contributed by atoms with E-state index in [4.69, 9.17) is 0 Å². The van der Waals surface area contributed by atoms with Gasteiger partial charge in [0.1, 0.15) is 5.82 Å². The largest absolute Gasteiger partial charge is 0.355 e. The Labute approximate surface area is 106 Å². The number of carbonyl (C=O) groups is 1. The number of aromatic nitrogens is 5. The molecule has 3 heterocycles. The van der Waals surface area contributed by atoms with Gasteiger partial charge < -0.3 is 4.57 Å². The maximum atomic E-state index is 11.0. The topological polar surface area (TPSA) is 118 Å². The SMILES string of the molecule is O=NC(=O)c1n[nH]c(C2C=Nc3cncn3CC2)n1. The van der Waals surface area contributed by atoms with Gasteiger partial charge >= 0.3 is 5.91 Å². The number of nitroso groups, excluding NO2 is 1. The van der Waals surface area contributed by atoms with Crippen molar-refractivity contribution in [1.82, 2.24) is 24.7 Å². The van der Waals surface area contributed by atoms with Gasteiger partial charge in [0.05, 0.1) is 18.4 Å². The highest BCUT2D eigenvalue weighted by Gasteiger charge is 2.20. The predicted molar refractivity (Wildman–Crippen MR) is 64.2 cm³/mol. The Kier molecular flexibility index (Phi) is 2.71. The molecule has 0 fully saturated rings. The van der Waals surface area contributed by atoms with Crippen LogP contribution in [0.3, 0.4) is 0 Å². The lowest BCUT2D eigenvalue weighted by molar-refractivity contribution is 0.0991. The first-order valence-corrected chi connectivity index (χ1v) is 5.62. The van der Waals surface area contributed by atoms with Crippen LogP contribution in [0.4, 0.5) is 5.82 Å². The molecule has 1 aliphatic heterocycles. The van der Waals surface area contributed by atoms with Crippen molar-refractivity contribution in [2.45, 2.75) is 18.9 Å². The summed E-state index contributed by atoms with van der Waals surface area (Å²) in [5, 5.41) is 8.59. The first-order valence-electron chi connectivity index (χ1n) is 5.62. The van der Waals surface area contributed by atoms with Gasteiger partial charge in [0.15, 0.2) is 5.82 Å². The summed E-state index contributed by atoms with van der Waals surface area (Å²) in [5.74, 6) is -0.0321. The summed E-state index contributed by atoms with van der Waals surface area (Å²) in [7, 11) is 0.